The predicted octanol–water partition coefficient (Wildman–Crippen LogP) is 3.41. The molecule has 1 aromatic rings. The maximum absolute atomic E-state index is 4.48. The molecule has 0 fully saturated rings. The van der Waals surface area contributed by atoms with Crippen LogP contribution in [0.3, 0.4) is 0 Å². The molecule has 1 aromatic heterocycles. The van der Waals surface area contributed by atoms with Gasteiger partial charge in [-0.3, -0.25) is 0 Å². The van der Waals surface area contributed by atoms with Crippen LogP contribution in [0.5, 0.6) is 0 Å². The Bertz CT molecular complexity index is 538. The molecule has 0 saturated carbocycles. The lowest BCUT2D eigenvalue weighted by Crippen LogP contribution is -2.20. The van der Waals surface area contributed by atoms with Gasteiger partial charge in [-0.1, -0.05) is 32.9 Å². The Morgan fingerprint density at radius 1 is 1.35 bits per heavy atom. The number of hydrogen-bond donors (Lipinski definition) is 0. The number of allylic oxidation sites excluding steroid dienone is 3. The summed E-state index contributed by atoms with van der Waals surface area (Å²) in [4.78, 5) is 8.61. The van der Waals surface area contributed by atoms with Crippen molar-refractivity contribution in [2.45, 2.75) is 33.6 Å². The minimum Gasteiger partial charge on any atom is -0.244 e. The number of aryl methyl sites for hydroxylation is 1. The molecule has 1 heterocycles. The van der Waals surface area contributed by atoms with Crippen molar-refractivity contribution in [3.8, 4) is 0 Å². The molecule has 2 aliphatic carbocycles. The van der Waals surface area contributed by atoms with Crippen LogP contribution in [0.25, 0.3) is 5.57 Å². The van der Waals surface area contributed by atoms with Crippen molar-refractivity contribution in [2.75, 3.05) is 0 Å². The van der Waals surface area contributed by atoms with E-state index < -0.39 is 0 Å². The SMILES string of the molecule is C=C1C2=C(CCc3cncnc32)C(C)(C)[C@@H]1C. The zero-order valence-electron chi connectivity index (χ0n) is 10.7. The normalized spacial score (nSPS) is 25.8. The topological polar surface area (TPSA) is 25.8 Å². The molecule has 0 aromatic carbocycles. The lowest BCUT2D eigenvalue weighted by Gasteiger charge is -2.29. The summed E-state index contributed by atoms with van der Waals surface area (Å²) in [5.74, 6) is 0.508. The number of hydrogen-bond acceptors (Lipinski definition) is 2. The quantitative estimate of drug-likeness (QED) is 0.677. The first-order valence-corrected chi connectivity index (χ1v) is 6.25. The standard InChI is InChI=1S/C15H18N2/c1-9-10(2)15(3,4)12-6-5-11-7-16-8-17-14(11)13(9)12/h7-8,10H,1,5-6H2,2-4H3/t10-/m1/s1. The van der Waals surface area contributed by atoms with Crippen LogP contribution >= 0.6 is 0 Å². The fourth-order valence-electron chi connectivity index (χ4n) is 3.20. The Labute approximate surface area is 102 Å². The molecule has 0 radical (unpaired) electrons. The first kappa shape index (κ1) is 10.7. The van der Waals surface area contributed by atoms with Crippen molar-refractivity contribution < 1.29 is 0 Å². The van der Waals surface area contributed by atoms with E-state index in [1.807, 2.05) is 6.20 Å². The summed E-state index contributed by atoms with van der Waals surface area (Å²) >= 11 is 0. The van der Waals surface area contributed by atoms with E-state index in [4.69, 9.17) is 0 Å². The van der Waals surface area contributed by atoms with E-state index in [1.54, 1.807) is 11.9 Å². The van der Waals surface area contributed by atoms with Crippen molar-refractivity contribution in [3.05, 3.63) is 41.5 Å². The summed E-state index contributed by atoms with van der Waals surface area (Å²) in [6.45, 7) is 11.2. The van der Waals surface area contributed by atoms with Gasteiger partial charge >= 0.3 is 0 Å². The van der Waals surface area contributed by atoms with Crippen molar-refractivity contribution in [1.82, 2.24) is 9.97 Å². The highest BCUT2D eigenvalue weighted by molar-refractivity contribution is 5.86. The van der Waals surface area contributed by atoms with Gasteiger partial charge in [0.25, 0.3) is 0 Å². The van der Waals surface area contributed by atoms with Crippen LogP contribution < -0.4 is 0 Å². The van der Waals surface area contributed by atoms with E-state index in [9.17, 15) is 0 Å². The zero-order chi connectivity index (χ0) is 12.2. The van der Waals surface area contributed by atoms with E-state index >= 15 is 0 Å². The van der Waals surface area contributed by atoms with Gasteiger partial charge in [0.1, 0.15) is 6.33 Å². The molecular weight excluding hydrogens is 208 g/mol. The molecular formula is C15H18N2. The summed E-state index contributed by atoms with van der Waals surface area (Å²) in [5.41, 5.74) is 6.76. The summed E-state index contributed by atoms with van der Waals surface area (Å²) in [7, 11) is 0. The van der Waals surface area contributed by atoms with E-state index in [1.165, 1.54) is 16.7 Å². The molecule has 2 aliphatic rings. The van der Waals surface area contributed by atoms with E-state index in [2.05, 4.69) is 37.3 Å². The van der Waals surface area contributed by atoms with Gasteiger partial charge in [0, 0.05) is 11.8 Å². The summed E-state index contributed by atoms with van der Waals surface area (Å²) in [5, 5.41) is 0. The molecule has 2 nitrogen and oxygen atoms in total. The number of rotatable bonds is 0. The van der Waals surface area contributed by atoms with Gasteiger partial charge in [-0.25, -0.2) is 9.97 Å². The Morgan fingerprint density at radius 3 is 2.88 bits per heavy atom. The fourth-order valence-corrected chi connectivity index (χ4v) is 3.20. The fraction of sp³-hybridized carbons (Fsp3) is 0.467. The zero-order valence-corrected chi connectivity index (χ0v) is 10.7. The van der Waals surface area contributed by atoms with Crippen LogP contribution in [-0.4, -0.2) is 9.97 Å². The maximum atomic E-state index is 4.48. The van der Waals surface area contributed by atoms with Gasteiger partial charge in [0.2, 0.25) is 0 Å². The van der Waals surface area contributed by atoms with Crippen molar-refractivity contribution in [1.29, 1.82) is 0 Å². The third-order valence-electron chi connectivity index (χ3n) is 4.68. The molecule has 0 unspecified atom stereocenters. The van der Waals surface area contributed by atoms with Crippen molar-refractivity contribution >= 4 is 5.57 Å². The van der Waals surface area contributed by atoms with Gasteiger partial charge in [-0.2, -0.15) is 0 Å². The van der Waals surface area contributed by atoms with Gasteiger partial charge in [0.05, 0.1) is 5.69 Å². The second kappa shape index (κ2) is 3.28. The van der Waals surface area contributed by atoms with Crippen molar-refractivity contribution in [2.24, 2.45) is 11.3 Å². The lowest BCUT2D eigenvalue weighted by molar-refractivity contribution is 0.344. The Kier molecular flexibility index (Phi) is 2.07. The monoisotopic (exact) mass is 226 g/mol. The average Bonchev–Trinajstić information content (AvgIpc) is 2.51. The number of nitrogens with zero attached hydrogens (tertiary/aromatic N) is 2. The highest BCUT2D eigenvalue weighted by Gasteiger charge is 2.43. The minimum atomic E-state index is 0.231. The average molecular weight is 226 g/mol. The minimum absolute atomic E-state index is 0.231. The molecule has 17 heavy (non-hydrogen) atoms. The molecule has 2 heteroatoms. The Balaban J connectivity index is 2.25. The van der Waals surface area contributed by atoms with Gasteiger partial charge in [-0.15, -0.1) is 0 Å². The van der Waals surface area contributed by atoms with E-state index in [-0.39, 0.29) is 5.41 Å². The highest BCUT2D eigenvalue weighted by Crippen LogP contribution is 2.55. The molecule has 0 amide bonds. The van der Waals surface area contributed by atoms with E-state index in [0.29, 0.717) is 5.92 Å². The molecule has 0 N–H and O–H groups in total. The van der Waals surface area contributed by atoms with Gasteiger partial charge < -0.3 is 0 Å². The number of aromatic nitrogens is 2. The van der Waals surface area contributed by atoms with Gasteiger partial charge in [0.15, 0.2) is 0 Å². The second-order valence-electron chi connectivity index (χ2n) is 5.72. The third kappa shape index (κ3) is 1.27. The molecule has 0 spiro atoms. The summed E-state index contributed by atoms with van der Waals surface area (Å²) in [6.07, 6.45) is 5.80. The van der Waals surface area contributed by atoms with Crippen molar-refractivity contribution in [3.63, 3.8) is 0 Å². The molecule has 0 saturated heterocycles. The largest absolute Gasteiger partial charge is 0.244 e. The van der Waals surface area contributed by atoms with Crippen LogP contribution in [0.4, 0.5) is 0 Å². The Morgan fingerprint density at radius 2 is 2.12 bits per heavy atom. The number of fused-ring (bicyclic) bond motifs is 2. The highest BCUT2D eigenvalue weighted by atomic mass is 14.8. The molecule has 88 valence electrons. The lowest BCUT2D eigenvalue weighted by atomic mass is 9.75. The molecule has 3 rings (SSSR count). The third-order valence-corrected chi connectivity index (χ3v) is 4.68. The van der Waals surface area contributed by atoms with Crippen LogP contribution in [0, 0.1) is 11.3 Å². The van der Waals surface area contributed by atoms with Crippen LogP contribution in [0.1, 0.15) is 38.4 Å². The van der Waals surface area contributed by atoms with Gasteiger partial charge in [-0.05, 0) is 35.3 Å². The Hall–Kier alpha value is -1.44. The smallest absolute Gasteiger partial charge is 0.116 e. The predicted molar refractivity (Wildman–Crippen MR) is 69.4 cm³/mol. The summed E-state index contributed by atoms with van der Waals surface area (Å²) in [6, 6.07) is 0. The van der Waals surface area contributed by atoms with Crippen LogP contribution in [-0.2, 0) is 6.42 Å². The first-order valence-electron chi connectivity index (χ1n) is 6.25. The molecule has 0 bridgehead atoms. The molecule has 0 aliphatic heterocycles. The first-order chi connectivity index (χ1) is 8.03. The van der Waals surface area contributed by atoms with Crippen LogP contribution in [0.15, 0.2) is 30.2 Å². The second-order valence-corrected chi connectivity index (χ2v) is 5.72. The maximum Gasteiger partial charge on any atom is 0.116 e. The van der Waals surface area contributed by atoms with E-state index in [0.717, 1.165) is 18.5 Å². The summed E-state index contributed by atoms with van der Waals surface area (Å²) < 4.78 is 0. The van der Waals surface area contributed by atoms with Crippen LogP contribution in [0.2, 0.25) is 0 Å². The molecule has 1 atom stereocenters.